The summed E-state index contributed by atoms with van der Waals surface area (Å²) in [5.74, 6) is 2.11. The van der Waals surface area contributed by atoms with E-state index < -0.39 is 0 Å². The van der Waals surface area contributed by atoms with Gasteiger partial charge in [0, 0.05) is 19.2 Å². The number of ether oxygens (including phenoxy) is 1. The lowest BCUT2D eigenvalue weighted by atomic mass is 10.2. The van der Waals surface area contributed by atoms with E-state index in [9.17, 15) is 0 Å². The van der Waals surface area contributed by atoms with Crippen LogP contribution in [0.2, 0.25) is 0 Å². The third-order valence-electron chi connectivity index (χ3n) is 3.11. The number of rotatable bonds is 3. The second kappa shape index (κ2) is 4.13. The summed E-state index contributed by atoms with van der Waals surface area (Å²) in [7, 11) is 1.70. The zero-order chi connectivity index (χ0) is 11.7. The minimum absolute atomic E-state index is 0.906. The third kappa shape index (κ3) is 1.86. The van der Waals surface area contributed by atoms with Crippen LogP contribution < -0.4 is 9.64 Å². The Morgan fingerprint density at radius 1 is 1.29 bits per heavy atom. The van der Waals surface area contributed by atoms with Gasteiger partial charge in [-0.15, -0.1) is 0 Å². The van der Waals surface area contributed by atoms with Crippen LogP contribution in [0.25, 0.3) is 0 Å². The van der Waals surface area contributed by atoms with E-state index in [1.54, 1.807) is 7.11 Å². The molecule has 0 spiro atoms. The molecule has 0 aliphatic carbocycles. The number of benzene rings is 1. The first-order valence-corrected chi connectivity index (χ1v) is 5.76. The molecule has 2 aromatic rings. The number of methoxy groups -OCH3 is 1. The van der Waals surface area contributed by atoms with Gasteiger partial charge < -0.3 is 9.64 Å². The van der Waals surface area contributed by atoms with Crippen LogP contribution in [0.5, 0.6) is 5.75 Å². The van der Waals surface area contributed by atoms with Crippen molar-refractivity contribution < 1.29 is 4.74 Å². The second-order valence-corrected chi connectivity index (χ2v) is 4.19. The Labute approximate surface area is 100 Å². The van der Waals surface area contributed by atoms with Gasteiger partial charge in [-0.2, -0.15) is 5.10 Å². The van der Waals surface area contributed by atoms with E-state index in [1.807, 2.05) is 23.0 Å². The van der Waals surface area contributed by atoms with Gasteiger partial charge in [0.2, 0.25) is 0 Å². The van der Waals surface area contributed by atoms with E-state index in [1.165, 1.54) is 11.4 Å². The van der Waals surface area contributed by atoms with Crippen LogP contribution >= 0.6 is 0 Å². The Hall–Kier alpha value is -1.97. The average molecular weight is 229 g/mol. The molecule has 0 N–H and O–H groups in total. The van der Waals surface area contributed by atoms with Crippen LogP contribution in [0.4, 0.5) is 5.82 Å². The van der Waals surface area contributed by atoms with Crippen molar-refractivity contribution >= 4 is 5.82 Å². The molecular formula is C13H15N3O. The fourth-order valence-corrected chi connectivity index (χ4v) is 2.25. The number of nitrogens with zero attached hydrogens (tertiary/aromatic N) is 3. The smallest absolute Gasteiger partial charge is 0.127 e. The predicted molar refractivity (Wildman–Crippen MR) is 66.3 cm³/mol. The molecule has 1 aliphatic rings. The van der Waals surface area contributed by atoms with Crippen LogP contribution in [0.1, 0.15) is 5.56 Å². The number of hydrogen-bond donors (Lipinski definition) is 0. The van der Waals surface area contributed by atoms with Crippen molar-refractivity contribution in [3.8, 4) is 5.75 Å². The maximum atomic E-state index is 5.24. The van der Waals surface area contributed by atoms with Crippen LogP contribution in [0.15, 0.2) is 36.5 Å². The van der Waals surface area contributed by atoms with E-state index in [0.717, 1.165) is 25.4 Å². The van der Waals surface area contributed by atoms with Crippen molar-refractivity contribution in [2.45, 2.75) is 13.1 Å². The molecule has 4 heteroatoms. The SMILES string of the molecule is COc1cccc(CN2CCn3nccc32)c1. The zero-order valence-corrected chi connectivity index (χ0v) is 9.84. The molecule has 0 amide bonds. The average Bonchev–Trinajstić information content (AvgIpc) is 2.94. The Balaban J connectivity index is 1.80. The van der Waals surface area contributed by atoms with Gasteiger partial charge in [0.15, 0.2) is 0 Å². The van der Waals surface area contributed by atoms with Gasteiger partial charge >= 0.3 is 0 Å². The van der Waals surface area contributed by atoms with Crippen LogP contribution in [0, 0.1) is 0 Å². The van der Waals surface area contributed by atoms with Gasteiger partial charge in [0.1, 0.15) is 11.6 Å². The lowest BCUT2D eigenvalue weighted by Gasteiger charge is -2.17. The predicted octanol–water partition coefficient (Wildman–Crippen LogP) is 1.91. The quantitative estimate of drug-likeness (QED) is 0.805. The van der Waals surface area contributed by atoms with Gasteiger partial charge in [-0.1, -0.05) is 12.1 Å². The monoisotopic (exact) mass is 229 g/mol. The van der Waals surface area contributed by atoms with Crippen molar-refractivity contribution in [3.05, 3.63) is 42.1 Å². The van der Waals surface area contributed by atoms with Crippen molar-refractivity contribution in [1.82, 2.24) is 9.78 Å². The summed E-state index contributed by atoms with van der Waals surface area (Å²) in [5.41, 5.74) is 1.26. The minimum atomic E-state index is 0.906. The van der Waals surface area contributed by atoms with Crippen LogP contribution in [-0.2, 0) is 13.1 Å². The molecule has 0 unspecified atom stereocenters. The van der Waals surface area contributed by atoms with Gasteiger partial charge in [0.05, 0.1) is 19.9 Å². The maximum absolute atomic E-state index is 5.24. The highest BCUT2D eigenvalue weighted by molar-refractivity contribution is 5.43. The highest BCUT2D eigenvalue weighted by Gasteiger charge is 2.18. The highest BCUT2D eigenvalue weighted by atomic mass is 16.5. The first-order valence-electron chi connectivity index (χ1n) is 5.76. The molecular weight excluding hydrogens is 214 g/mol. The summed E-state index contributed by atoms with van der Waals surface area (Å²) in [6.45, 7) is 2.91. The maximum Gasteiger partial charge on any atom is 0.127 e. The number of anilines is 1. The van der Waals surface area contributed by atoms with Gasteiger partial charge in [-0.3, -0.25) is 0 Å². The van der Waals surface area contributed by atoms with Crippen molar-refractivity contribution in [2.75, 3.05) is 18.6 Å². The van der Waals surface area contributed by atoms with Crippen molar-refractivity contribution in [1.29, 1.82) is 0 Å². The summed E-state index contributed by atoms with van der Waals surface area (Å²) in [5, 5.41) is 4.27. The Kier molecular flexibility index (Phi) is 2.48. The van der Waals surface area contributed by atoms with E-state index in [4.69, 9.17) is 4.74 Å². The third-order valence-corrected chi connectivity index (χ3v) is 3.11. The molecule has 0 saturated carbocycles. The fourth-order valence-electron chi connectivity index (χ4n) is 2.25. The molecule has 3 rings (SSSR count). The molecule has 1 aliphatic heterocycles. The van der Waals surface area contributed by atoms with Crippen LogP contribution in [-0.4, -0.2) is 23.4 Å². The number of aromatic nitrogens is 2. The van der Waals surface area contributed by atoms with Crippen molar-refractivity contribution in [3.63, 3.8) is 0 Å². The molecule has 17 heavy (non-hydrogen) atoms. The molecule has 88 valence electrons. The van der Waals surface area contributed by atoms with Gasteiger partial charge in [-0.05, 0) is 17.7 Å². The largest absolute Gasteiger partial charge is 0.497 e. The Morgan fingerprint density at radius 3 is 3.12 bits per heavy atom. The lowest BCUT2D eigenvalue weighted by molar-refractivity contribution is 0.414. The Morgan fingerprint density at radius 2 is 2.24 bits per heavy atom. The van der Waals surface area contributed by atoms with Crippen molar-refractivity contribution in [2.24, 2.45) is 0 Å². The molecule has 0 radical (unpaired) electrons. The first kappa shape index (κ1) is 10.2. The van der Waals surface area contributed by atoms with Gasteiger partial charge in [-0.25, -0.2) is 4.68 Å². The normalized spacial score (nSPS) is 13.8. The first-order chi connectivity index (χ1) is 8.36. The standard InChI is InChI=1S/C13H15N3O/c1-17-12-4-2-3-11(9-12)10-15-7-8-16-13(15)5-6-14-16/h2-6,9H,7-8,10H2,1H3. The molecule has 0 atom stereocenters. The highest BCUT2D eigenvalue weighted by Crippen LogP contribution is 2.23. The second-order valence-electron chi connectivity index (χ2n) is 4.19. The lowest BCUT2D eigenvalue weighted by Crippen LogP contribution is -2.19. The molecule has 0 bridgehead atoms. The van der Waals surface area contributed by atoms with E-state index in [0.29, 0.717) is 0 Å². The molecule has 2 heterocycles. The Bertz CT molecular complexity index is 521. The zero-order valence-electron chi connectivity index (χ0n) is 9.84. The number of fused-ring (bicyclic) bond motifs is 1. The molecule has 1 aromatic carbocycles. The topological polar surface area (TPSA) is 30.3 Å². The fraction of sp³-hybridized carbons (Fsp3) is 0.308. The van der Waals surface area contributed by atoms with E-state index >= 15 is 0 Å². The van der Waals surface area contributed by atoms with E-state index in [2.05, 4.69) is 28.2 Å². The summed E-state index contributed by atoms with van der Waals surface area (Å²) >= 11 is 0. The molecule has 0 fully saturated rings. The summed E-state index contributed by atoms with van der Waals surface area (Å²) in [4.78, 5) is 2.34. The summed E-state index contributed by atoms with van der Waals surface area (Å²) < 4.78 is 7.28. The molecule has 0 saturated heterocycles. The molecule has 4 nitrogen and oxygen atoms in total. The summed E-state index contributed by atoms with van der Waals surface area (Å²) in [6.07, 6.45) is 1.85. The van der Waals surface area contributed by atoms with Crippen LogP contribution in [0.3, 0.4) is 0 Å². The van der Waals surface area contributed by atoms with Gasteiger partial charge in [0.25, 0.3) is 0 Å². The van der Waals surface area contributed by atoms with E-state index in [-0.39, 0.29) is 0 Å². The summed E-state index contributed by atoms with van der Waals surface area (Å²) in [6, 6.07) is 10.3. The molecule has 1 aromatic heterocycles. The number of hydrogen-bond acceptors (Lipinski definition) is 3. The minimum Gasteiger partial charge on any atom is -0.497 e.